The fourth-order valence-corrected chi connectivity index (χ4v) is 7.37. The molecule has 1 aromatic heterocycles. The third kappa shape index (κ3) is 2.05. The molecule has 0 N–H and O–H groups in total. The van der Waals surface area contributed by atoms with Gasteiger partial charge < -0.3 is 0 Å². The largest absolute Gasteiger partial charge is 0.143 e. The third-order valence-corrected chi connectivity index (χ3v) is 8.24. The van der Waals surface area contributed by atoms with E-state index in [4.69, 9.17) is 0 Å². The Hall–Kier alpha value is -0.120. The minimum atomic E-state index is 0.497. The topological polar surface area (TPSA) is 0 Å². The molecule has 4 rings (SSSR count). The van der Waals surface area contributed by atoms with Gasteiger partial charge >= 0.3 is 0 Å². The molecule has 4 unspecified atom stereocenters. The Kier molecular flexibility index (Phi) is 3.36. The fourth-order valence-electron chi connectivity index (χ4n) is 3.88. The van der Waals surface area contributed by atoms with E-state index in [0.29, 0.717) is 4.83 Å². The van der Waals surface area contributed by atoms with Gasteiger partial charge in [-0.3, -0.25) is 0 Å². The van der Waals surface area contributed by atoms with E-state index in [2.05, 4.69) is 69.1 Å². The molecule has 0 aliphatic heterocycles. The van der Waals surface area contributed by atoms with E-state index in [0.717, 1.165) is 17.8 Å². The highest BCUT2D eigenvalue weighted by molar-refractivity contribution is 9.11. The predicted octanol–water partition coefficient (Wildman–Crippen LogP) is 6.23. The molecule has 0 amide bonds. The van der Waals surface area contributed by atoms with E-state index < -0.39 is 0 Å². The predicted molar refractivity (Wildman–Crippen MR) is 92.9 cm³/mol. The molecule has 2 aromatic rings. The molecule has 0 nitrogen and oxygen atoms in total. The number of benzene rings is 1. The van der Waals surface area contributed by atoms with Gasteiger partial charge in [-0.25, -0.2) is 0 Å². The van der Waals surface area contributed by atoms with Gasteiger partial charge in [-0.15, -0.1) is 11.3 Å². The quantitative estimate of drug-likeness (QED) is 0.513. The van der Waals surface area contributed by atoms with Crippen molar-refractivity contribution >= 4 is 43.2 Å². The van der Waals surface area contributed by atoms with Crippen LogP contribution in [0.1, 0.15) is 38.0 Å². The summed E-state index contributed by atoms with van der Waals surface area (Å²) in [4.78, 5) is 3.36. The summed E-state index contributed by atoms with van der Waals surface area (Å²) >= 11 is 9.65. The molecule has 1 aromatic carbocycles. The van der Waals surface area contributed by atoms with Crippen LogP contribution in [0.4, 0.5) is 0 Å². The molecule has 20 heavy (non-hydrogen) atoms. The second-order valence-corrected chi connectivity index (χ2v) is 9.10. The zero-order valence-electron chi connectivity index (χ0n) is 11.3. The van der Waals surface area contributed by atoms with Crippen LogP contribution in [0.15, 0.2) is 34.8 Å². The zero-order valence-corrected chi connectivity index (χ0v) is 15.3. The molecule has 0 saturated heterocycles. The van der Waals surface area contributed by atoms with Crippen molar-refractivity contribution in [1.29, 1.82) is 0 Å². The van der Waals surface area contributed by atoms with Gasteiger partial charge in [-0.1, -0.05) is 40.2 Å². The number of rotatable bonds is 2. The molecule has 2 aliphatic carbocycles. The lowest BCUT2D eigenvalue weighted by molar-refractivity contribution is 0.629. The minimum absolute atomic E-state index is 0.497. The van der Waals surface area contributed by atoms with Gasteiger partial charge in [-0.05, 0) is 70.6 Å². The van der Waals surface area contributed by atoms with Crippen molar-refractivity contribution in [2.45, 2.75) is 30.5 Å². The zero-order chi connectivity index (χ0) is 13.9. The lowest BCUT2D eigenvalue weighted by Gasteiger charge is -2.13. The second-order valence-electron chi connectivity index (χ2n) is 5.98. The Bertz CT molecular complexity index is 661. The van der Waals surface area contributed by atoms with Crippen molar-refractivity contribution in [1.82, 2.24) is 0 Å². The van der Waals surface area contributed by atoms with Crippen molar-refractivity contribution in [2.24, 2.45) is 11.8 Å². The van der Waals surface area contributed by atoms with Crippen molar-refractivity contribution in [3.8, 4) is 0 Å². The first-order chi connectivity index (χ1) is 9.66. The molecular weight excluding hydrogens is 396 g/mol. The van der Waals surface area contributed by atoms with E-state index >= 15 is 0 Å². The molecule has 1 fully saturated rings. The van der Waals surface area contributed by atoms with Crippen LogP contribution in [0, 0.1) is 18.8 Å². The molecule has 0 radical (unpaired) electrons. The SMILES string of the molecule is Cc1cc(Br)c(C(Br)C2C3CCc4ccccc4C32)s1. The van der Waals surface area contributed by atoms with Crippen LogP contribution in [0.3, 0.4) is 0 Å². The van der Waals surface area contributed by atoms with E-state index in [1.807, 2.05) is 11.3 Å². The van der Waals surface area contributed by atoms with Crippen molar-refractivity contribution < 1.29 is 0 Å². The maximum Gasteiger partial charge on any atom is 0.0537 e. The standard InChI is InChI=1S/C17H16Br2S/c1-9-8-13(18)17(20-9)16(19)15-12-7-6-10-4-2-3-5-11(10)14(12)15/h2-5,8,12,14-16H,6-7H2,1H3. The minimum Gasteiger partial charge on any atom is -0.143 e. The summed E-state index contributed by atoms with van der Waals surface area (Å²) in [5.41, 5.74) is 3.19. The van der Waals surface area contributed by atoms with E-state index in [-0.39, 0.29) is 0 Å². The average molecular weight is 412 g/mol. The fraction of sp³-hybridized carbons (Fsp3) is 0.412. The van der Waals surface area contributed by atoms with Crippen LogP contribution < -0.4 is 0 Å². The summed E-state index contributed by atoms with van der Waals surface area (Å²) in [6.45, 7) is 2.19. The number of fused-ring (bicyclic) bond motifs is 3. The van der Waals surface area contributed by atoms with Gasteiger partial charge in [0.05, 0.1) is 4.83 Å². The van der Waals surface area contributed by atoms with Crippen LogP contribution in [-0.4, -0.2) is 0 Å². The summed E-state index contributed by atoms with van der Waals surface area (Å²) in [5.74, 6) is 2.43. The van der Waals surface area contributed by atoms with Crippen molar-refractivity contribution in [3.63, 3.8) is 0 Å². The summed E-state index contributed by atoms with van der Waals surface area (Å²) in [7, 11) is 0. The van der Waals surface area contributed by atoms with Crippen LogP contribution >= 0.6 is 43.2 Å². The monoisotopic (exact) mass is 410 g/mol. The van der Waals surface area contributed by atoms with Gasteiger partial charge in [0.2, 0.25) is 0 Å². The van der Waals surface area contributed by atoms with Gasteiger partial charge in [-0.2, -0.15) is 0 Å². The Balaban J connectivity index is 1.65. The number of aryl methyl sites for hydroxylation is 2. The normalized spacial score (nSPS) is 28.6. The molecule has 0 spiro atoms. The van der Waals surface area contributed by atoms with E-state index in [1.54, 1.807) is 11.1 Å². The van der Waals surface area contributed by atoms with Crippen LogP contribution in [-0.2, 0) is 6.42 Å². The summed E-state index contributed by atoms with van der Waals surface area (Å²) in [6, 6.07) is 11.3. The van der Waals surface area contributed by atoms with E-state index in [9.17, 15) is 0 Å². The maximum atomic E-state index is 4.00. The summed E-state index contributed by atoms with van der Waals surface area (Å²) in [5, 5.41) is 0. The number of alkyl halides is 1. The number of hydrogen-bond acceptors (Lipinski definition) is 1. The molecule has 3 heteroatoms. The summed E-state index contributed by atoms with van der Waals surface area (Å²) in [6.07, 6.45) is 2.62. The van der Waals surface area contributed by atoms with Crippen molar-refractivity contribution in [3.05, 3.63) is 55.7 Å². The highest BCUT2D eigenvalue weighted by Crippen LogP contribution is 2.67. The Morgan fingerprint density at radius 1 is 1.30 bits per heavy atom. The Labute approximate surface area is 140 Å². The smallest absolute Gasteiger partial charge is 0.0537 e. The Morgan fingerprint density at radius 3 is 2.85 bits per heavy atom. The number of halogens is 2. The lowest BCUT2D eigenvalue weighted by atomic mass is 9.92. The molecule has 1 heterocycles. The van der Waals surface area contributed by atoms with Crippen LogP contribution in [0.5, 0.6) is 0 Å². The lowest BCUT2D eigenvalue weighted by Crippen LogP contribution is -2.00. The second kappa shape index (κ2) is 4.96. The molecular formula is C17H16Br2S. The molecule has 2 aliphatic rings. The first kappa shape index (κ1) is 13.5. The van der Waals surface area contributed by atoms with Crippen LogP contribution in [0.2, 0.25) is 0 Å². The Morgan fingerprint density at radius 2 is 2.10 bits per heavy atom. The highest BCUT2D eigenvalue weighted by Gasteiger charge is 2.56. The van der Waals surface area contributed by atoms with Gasteiger partial charge in [0.1, 0.15) is 0 Å². The molecule has 1 saturated carbocycles. The number of thiophene rings is 1. The number of hydrogen-bond donors (Lipinski definition) is 0. The van der Waals surface area contributed by atoms with E-state index in [1.165, 1.54) is 27.1 Å². The van der Waals surface area contributed by atoms with Gasteiger partial charge in [0.15, 0.2) is 0 Å². The average Bonchev–Trinajstić information content (AvgIpc) is 3.09. The molecule has 4 atom stereocenters. The summed E-state index contributed by atoms with van der Waals surface area (Å²) < 4.78 is 1.28. The molecule has 104 valence electrons. The first-order valence-corrected chi connectivity index (χ1v) is 9.67. The van der Waals surface area contributed by atoms with Gasteiger partial charge in [0, 0.05) is 14.2 Å². The third-order valence-electron chi connectivity index (χ3n) is 4.82. The van der Waals surface area contributed by atoms with Crippen molar-refractivity contribution in [2.75, 3.05) is 0 Å². The highest BCUT2D eigenvalue weighted by atomic mass is 79.9. The van der Waals surface area contributed by atoms with Crippen LogP contribution in [0.25, 0.3) is 0 Å². The molecule has 0 bridgehead atoms. The first-order valence-electron chi connectivity index (χ1n) is 7.14. The van der Waals surface area contributed by atoms with Gasteiger partial charge in [0.25, 0.3) is 0 Å². The maximum absolute atomic E-state index is 4.00.